The van der Waals surface area contributed by atoms with Crippen molar-refractivity contribution in [2.75, 3.05) is 10.6 Å². The third-order valence-electron chi connectivity index (χ3n) is 3.34. The van der Waals surface area contributed by atoms with Gasteiger partial charge in [0, 0.05) is 43.5 Å². The standard InChI is InChI=1S/C15H15N3O5/c1-15(2)22-12(19)9(13(20)23-15)7-16-10-4-3-5-11-8(10)6-17-14(21)18-11/h3-5,7,16H,6H2,1-2H3,(H2,17,18,21). The van der Waals surface area contributed by atoms with E-state index in [1.54, 1.807) is 18.2 Å². The van der Waals surface area contributed by atoms with Crippen LogP contribution in [0.15, 0.2) is 30.0 Å². The molecule has 2 amide bonds. The van der Waals surface area contributed by atoms with Gasteiger partial charge in [-0.25, -0.2) is 14.4 Å². The van der Waals surface area contributed by atoms with Crippen molar-refractivity contribution in [3.63, 3.8) is 0 Å². The van der Waals surface area contributed by atoms with Crippen LogP contribution >= 0.6 is 0 Å². The van der Waals surface area contributed by atoms with E-state index in [1.165, 1.54) is 20.0 Å². The van der Waals surface area contributed by atoms with E-state index in [0.717, 1.165) is 5.56 Å². The largest absolute Gasteiger partial charge is 0.419 e. The first kappa shape index (κ1) is 14.9. The first-order valence-electron chi connectivity index (χ1n) is 6.96. The topological polar surface area (TPSA) is 106 Å². The van der Waals surface area contributed by atoms with Gasteiger partial charge in [0.05, 0.1) is 0 Å². The number of cyclic esters (lactones) is 2. The lowest BCUT2D eigenvalue weighted by atomic mass is 10.1. The van der Waals surface area contributed by atoms with E-state index in [0.29, 0.717) is 17.9 Å². The van der Waals surface area contributed by atoms with Crippen molar-refractivity contribution < 1.29 is 23.9 Å². The first-order chi connectivity index (χ1) is 10.9. The van der Waals surface area contributed by atoms with E-state index in [-0.39, 0.29) is 11.6 Å². The molecule has 3 rings (SSSR count). The monoisotopic (exact) mass is 317 g/mol. The Hall–Kier alpha value is -3.03. The number of nitrogens with one attached hydrogen (secondary N) is 3. The molecular weight excluding hydrogens is 302 g/mol. The Balaban J connectivity index is 1.84. The molecular formula is C15H15N3O5. The second-order valence-electron chi connectivity index (χ2n) is 5.52. The minimum atomic E-state index is -1.27. The Kier molecular flexibility index (Phi) is 3.44. The van der Waals surface area contributed by atoms with Crippen molar-refractivity contribution in [3.05, 3.63) is 35.5 Å². The number of fused-ring (bicyclic) bond motifs is 1. The summed E-state index contributed by atoms with van der Waals surface area (Å²) in [6, 6.07) is 4.98. The van der Waals surface area contributed by atoms with Crippen LogP contribution in [0.4, 0.5) is 16.2 Å². The number of esters is 2. The molecule has 8 heteroatoms. The zero-order valence-electron chi connectivity index (χ0n) is 12.6. The lowest BCUT2D eigenvalue weighted by Gasteiger charge is -2.29. The highest BCUT2D eigenvalue weighted by Crippen LogP contribution is 2.28. The molecule has 120 valence electrons. The van der Waals surface area contributed by atoms with E-state index >= 15 is 0 Å². The molecule has 0 aromatic heterocycles. The van der Waals surface area contributed by atoms with Crippen LogP contribution in [0, 0.1) is 0 Å². The summed E-state index contributed by atoms with van der Waals surface area (Å²) in [5, 5.41) is 8.21. The van der Waals surface area contributed by atoms with Crippen molar-refractivity contribution in [2.24, 2.45) is 0 Å². The fourth-order valence-corrected chi connectivity index (χ4v) is 2.29. The fourth-order valence-electron chi connectivity index (χ4n) is 2.29. The normalized spacial score (nSPS) is 18.9. The molecule has 1 aromatic carbocycles. The quantitative estimate of drug-likeness (QED) is 0.433. The molecule has 0 atom stereocenters. The molecule has 1 saturated heterocycles. The van der Waals surface area contributed by atoms with Gasteiger partial charge in [0.1, 0.15) is 0 Å². The SMILES string of the molecule is CC1(C)OC(=O)C(=CNc2cccc3c2CNC(=O)N3)C(=O)O1. The third-order valence-corrected chi connectivity index (χ3v) is 3.34. The highest BCUT2D eigenvalue weighted by atomic mass is 16.7. The summed E-state index contributed by atoms with van der Waals surface area (Å²) in [5.74, 6) is -2.78. The number of urea groups is 1. The number of carbonyl (C=O) groups excluding carboxylic acids is 3. The van der Waals surface area contributed by atoms with Crippen LogP contribution in [0.1, 0.15) is 19.4 Å². The Morgan fingerprint density at radius 1 is 1.17 bits per heavy atom. The number of carbonyl (C=O) groups is 3. The average Bonchev–Trinajstić information content (AvgIpc) is 2.44. The van der Waals surface area contributed by atoms with Crippen molar-refractivity contribution in [3.8, 4) is 0 Å². The van der Waals surface area contributed by atoms with Gasteiger partial charge in [-0.05, 0) is 12.1 Å². The van der Waals surface area contributed by atoms with Crippen LogP contribution in [-0.4, -0.2) is 23.8 Å². The number of anilines is 2. The van der Waals surface area contributed by atoms with Gasteiger partial charge in [0.2, 0.25) is 0 Å². The van der Waals surface area contributed by atoms with Crippen molar-refractivity contribution in [2.45, 2.75) is 26.2 Å². The van der Waals surface area contributed by atoms with Gasteiger partial charge in [0.25, 0.3) is 5.79 Å². The minimum Gasteiger partial charge on any atom is -0.419 e. The molecule has 1 aromatic rings. The van der Waals surface area contributed by atoms with E-state index in [9.17, 15) is 14.4 Å². The first-order valence-corrected chi connectivity index (χ1v) is 6.96. The van der Waals surface area contributed by atoms with Gasteiger partial charge < -0.3 is 25.4 Å². The summed E-state index contributed by atoms with van der Waals surface area (Å²) in [4.78, 5) is 35.1. The summed E-state index contributed by atoms with van der Waals surface area (Å²) < 4.78 is 10.0. The molecule has 2 aliphatic rings. The van der Waals surface area contributed by atoms with Crippen molar-refractivity contribution in [1.29, 1.82) is 0 Å². The van der Waals surface area contributed by atoms with Crippen LogP contribution < -0.4 is 16.0 Å². The lowest BCUT2D eigenvalue weighted by Crippen LogP contribution is -2.42. The maximum Gasteiger partial charge on any atom is 0.350 e. The predicted molar refractivity (Wildman–Crippen MR) is 80.3 cm³/mol. The smallest absolute Gasteiger partial charge is 0.350 e. The lowest BCUT2D eigenvalue weighted by molar-refractivity contribution is -0.222. The summed E-state index contributed by atoms with van der Waals surface area (Å²) in [7, 11) is 0. The molecule has 0 saturated carbocycles. The zero-order valence-corrected chi connectivity index (χ0v) is 12.6. The second kappa shape index (κ2) is 5.31. The Bertz CT molecular complexity index is 717. The van der Waals surface area contributed by atoms with E-state index in [1.807, 2.05) is 0 Å². The highest BCUT2D eigenvalue weighted by molar-refractivity contribution is 6.15. The molecule has 0 unspecified atom stereocenters. The molecule has 0 aliphatic carbocycles. The number of ether oxygens (including phenoxy) is 2. The Morgan fingerprint density at radius 3 is 2.57 bits per heavy atom. The Labute approximate surface area is 131 Å². The molecule has 3 N–H and O–H groups in total. The van der Waals surface area contributed by atoms with Gasteiger partial charge in [0.15, 0.2) is 5.57 Å². The maximum absolute atomic E-state index is 11.9. The van der Waals surface area contributed by atoms with E-state index in [2.05, 4.69) is 16.0 Å². The van der Waals surface area contributed by atoms with Crippen molar-refractivity contribution in [1.82, 2.24) is 5.32 Å². The van der Waals surface area contributed by atoms with Gasteiger partial charge in [-0.1, -0.05) is 6.07 Å². The minimum absolute atomic E-state index is 0.227. The van der Waals surface area contributed by atoms with Gasteiger partial charge in [-0.2, -0.15) is 0 Å². The molecule has 2 aliphatic heterocycles. The van der Waals surface area contributed by atoms with E-state index < -0.39 is 17.7 Å². The van der Waals surface area contributed by atoms with Gasteiger partial charge in [-0.15, -0.1) is 0 Å². The number of hydrogen-bond acceptors (Lipinski definition) is 6. The van der Waals surface area contributed by atoms with Gasteiger partial charge >= 0.3 is 18.0 Å². The molecule has 23 heavy (non-hydrogen) atoms. The number of rotatable bonds is 2. The van der Waals surface area contributed by atoms with Crippen LogP contribution in [0.3, 0.4) is 0 Å². The molecule has 0 spiro atoms. The number of benzene rings is 1. The zero-order chi connectivity index (χ0) is 16.6. The number of amides is 2. The molecule has 0 bridgehead atoms. The van der Waals surface area contributed by atoms with E-state index in [4.69, 9.17) is 9.47 Å². The maximum atomic E-state index is 11.9. The fraction of sp³-hybridized carbons (Fsp3) is 0.267. The number of hydrogen-bond donors (Lipinski definition) is 3. The molecule has 0 radical (unpaired) electrons. The molecule has 2 heterocycles. The summed E-state index contributed by atoms with van der Waals surface area (Å²) in [5.41, 5.74) is 1.89. The summed E-state index contributed by atoms with van der Waals surface area (Å²) >= 11 is 0. The third kappa shape index (κ3) is 2.96. The molecule has 1 fully saturated rings. The summed E-state index contributed by atoms with van der Waals surface area (Å²) in [6.07, 6.45) is 1.24. The average molecular weight is 317 g/mol. The second-order valence-corrected chi connectivity index (χ2v) is 5.52. The van der Waals surface area contributed by atoms with Crippen LogP contribution in [0.5, 0.6) is 0 Å². The Morgan fingerprint density at radius 2 is 1.87 bits per heavy atom. The highest BCUT2D eigenvalue weighted by Gasteiger charge is 2.39. The predicted octanol–water partition coefficient (Wildman–Crippen LogP) is 1.45. The molecule has 8 nitrogen and oxygen atoms in total. The van der Waals surface area contributed by atoms with Crippen LogP contribution in [-0.2, 0) is 25.6 Å². The van der Waals surface area contributed by atoms with Crippen LogP contribution in [0.2, 0.25) is 0 Å². The van der Waals surface area contributed by atoms with Crippen LogP contribution in [0.25, 0.3) is 0 Å². The summed E-state index contributed by atoms with van der Waals surface area (Å²) in [6.45, 7) is 3.29. The van der Waals surface area contributed by atoms with Crippen molar-refractivity contribution >= 4 is 29.3 Å². The van der Waals surface area contributed by atoms with Gasteiger partial charge in [-0.3, -0.25) is 0 Å².